The SMILES string of the molecule is CC[C@H](C)[C@H]1NC(=O)CNC(=O)[C@@H]2Cc3c([nH]c4c(CSCCNC(=O)CCCCCNC(=O)CCCCCN5C(=O)C=CC5=O)c(OC)ccc34)[S+]([O-])C[C@H](NC(=O)CNC1=O)C(=O)N[C@@H](CC(N)=O)C(=O)N1C[C@H](O)C[C@@H]1C(=O)N[C@@H]([C@@H](C)[C@@H](O)CO)C(=O)N2. The van der Waals surface area contributed by atoms with Crippen molar-refractivity contribution < 1.29 is 86.9 Å². The summed E-state index contributed by atoms with van der Waals surface area (Å²) in [7, 11) is 1.41. The zero-order chi connectivity index (χ0) is 67.3. The Kier molecular flexibility index (Phi) is 28.1. The number of nitrogens with zero attached hydrogens (tertiary/aromatic N) is 2. The molecule has 0 saturated carbocycles. The molecule has 13 amide bonds. The third kappa shape index (κ3) is 20.3. The molecule has 1 aromatic carbocycles. The molecule has 1 fully saturated rings. The van der Waals surface area contributed by atoms with Gasteiger partial charge in [-0.2, -0.15) is 11.8 Å². The van der Waals surface area contributed by atoms with Gasteiger partial charge >= 0.3 is 0 Å². The van der Waals surface area contributed by atoms with Gasteiger partial charge in [0.2, 0.25) is 70.0 Å². The molecule has 1 saturated heterocycles. The van der Waals surface area contributed by atoms with Crippen LogP contribution in [0.1, 0.15) is 103 Å². The van der Waals surface area contributed by atoms with Crippen molar-refractivity contribution in [1.29, 1.82) is 0 Å². The first-order valence-electron chi connectivity index (χ1n) is 30.7. The van der Waals surface area contributed by atoms with E-state index in [1.807, 2.05) is 0 Å². The van der Waals surface area contributed by atoms with Gasteiger partial charge in [-0.3, -0.25) is 67.2 Å². The molecular weight excluding hydrogens is 1240 g/mol. The number of aromatic nitrogens is 1. The normalized spacial score (nSPS) is 24.0. The second-order valence-corrected chi connectivity index (χ2v) is 25.7. The number of benzene rings is 1. The lowest BCUT2D eigenvalue weighted by atomic mass is 9.93. The number of hydrogen-bond donors (Lipinski definition) is 14. The highest BCUT2D eigenvalue weighted by molar-refractivity contribution is 7.98. The molecule has 0 spiro atoms. The fourth-order valence-corrected chi connectivity index (χ4v) is 13.2. The van der Waals surface area contributed by atoms with E-state index in [-0.39, 0.29) is 52.9 Å². The molecule has 6 rings (SSSR count). The van der Waals surface area contributed by atoms with Crippen molar-refractivity contribution in [2.75, 3.05) is 64.5 Å². The number of methoxy groups -OCH3 is 1. The molecule has 4 aliphatic rings. The maximum atomic E-state index is 15.3. The first kappa shape index (κ1) is 73.2. The summed E-state index contributed by atoms with van der Waals surface area (Å²) in [6.45, 7) is 2.62. The number of rotatable bonds is 25. The zero-order valence-corrected chi connectivity index (χ0v) is 53.5. The molecule has 33 heteroatoms. The van der Waals surface area contributed by atoms with Crippen LogP contribution in [0.3, 0.4) is 0 Å². The molecule has 92 heavy (non-hydrogen) atoms. The molecule has 1 aromatic heterocycles. The van der Waals surface area contributed by atoms with Crippen LogP contribution in [0.4, 0.5) is 0 Å². The molecule has 0 aliphatic carbocycles. The third-order valence-electron chi connectivity index (χ3n) is 16.4. The van der Waals surface area contributed by atoms with E-state index in [4.69, 9.17) is 10.5 Å². The van der Waals surface area contributed by atoms with E-state index >= 15 is 4.55 Å². The minimum absolute atomic E-state index is 0.0859. The predicted octanol–water partition coefficient (Wildman–Crippen LogP) is -4.11. The molecule has 2 aromatic rings. The van der Waals surface area contributed by atoms with Gasteiger partial charge in [0.15, 0.2) is 6.04 Å². The van der Waals surface area contributed by atoms with Gasteiger partial charge in [0.25, 0.3) is 11.8 Å². The first-order chi connectivity index (χ1) is 43.8. The zero-order valence-electron chi connectivity index (χ0n) is 51.9. The molecule has 31 nitrogen and oxygen atoms in total. The Labute approximate surface area is 538 Å². The van der Waals surface area contributed by atoms with Crippen molar-refractivity contribution in [3.05, 3.63) is 35.4 Å². The summed E-state index contributed by atoms with van der Waals surface area (Å²) < 4.78 is 21.1. The minimum atomic E-state index is -2.47. The Bertz CT molecular complexity index is 3080. The number of ether oxygens (including phenoxy) is 1. The number of primary amides is 1. The molecule has 2 bridgehead atoms. The smallest absolute Gasteiger partial charge is 0.253 e. The number of carbonyl (C=O) groups is 13. The van der Waals surface area contributed by atoms with Crippen molar-refractivity contribution in [1.82, 2.24) is 62.6 Å². The number of fused-ring (bicyclic) bond motifs is 5. The highest BCUT2D eigenvalue weighted by atomic mass is 32.2. The predicted molar refractivity (Wildman–Crippen MR) is 332 cm³/mol. The number of nitrogens with one attached hydrogen (secondary N) is 10. The van der Waals surface area contributed by atoms with Gasteiger partial charge in [-0.1, -0.05) is 40.0 Å². The summed E-state index contributed by atoms with van der Waals surface area (Å²) in [5.41, 5.74) is 6.46. The number of carbonyl (C=O) groups excluding carboxylic acids is 13. The molecule has 5 heterocycles. The van der Waals surface area contributed by atoms with Crippen LogP contribution >= 0.6 is 11.8 Å². The summed E-state index contributed by atoms with van der Waals surface area (Å²) in [6.07, 6.45) is 2.16. The van der Waals surface area contributed by atoms with E-state index in [1.54, 1.807) is 26.0 Å². The molecular formula is C59H85N13O18S2. The monoisotopic (exact) mass is 1330 g/mol. The summed E-state index contributed by atoms with van der Waals surface area (Å²) in [5.74, 6) is -12.2. The van der Waals surface area contributed by atoms with Crippen LogP contribution in [0.25, 0.3) is 10.9 Å². The summed E-state index contributed by atoms with van der Waals surface area (Å²) in [5, 5.41) is 55.3. The Morgan fingerprint density at radius 2 is 1.45 bits per heavy atom. The second-order valence-electron chi connectivity index (χ2n) is 23.1. The van der Waals surface area contributed by atoms with Gasteiger partial charge in [-0.25, -0.2) is 0 Å². The van der Waals surface area contributed by atoms with Gasteiger partial charge in [-0.05, 0) is 43.7 Å². The number of aliphatic hydroxyl groups is 3. The van der Waals surface area contributed by atoms with E-state index in [0.29, 0.717) is 92.4 Å². The van der Waals surface area contributed by atoms with Crippen molar-refractivity contribution >= 4 is 111 Å². The average molecular weight is 1330 g/mol. The summed E-state index contributed by atoms with van der Waals surface area (Å²) >= 11 is -1.09. The molecule has 15 N–H and O–H groups in total. The van der Waals surface area contributed by atoms with Crippen molar-refractivity contribution in [3.63, 3.8) is 0 Å². The number of hydrogen-bond acceptors (Lipinski definition) is 19. The Morgan fingerprint density at radius 1 is 0.793 bits per heavy atom. The first-order valence-corrected chi connectivity index (χ1v) is 33.2. The van der Waals surface area contributed by atoms with Crippen LogP contribution in [0.15, 0.2) is 29.3 Å². The Morgan fingerprint density at radius 3 is 2.10 bits per heavy atom. The number of thioether (sulfide) groups is 1. The van der Waals surface area contributed by atoms with E-state index < -0.39 is 176 Å². The fraction of sp³-hybridized carbons (Fsp3) is 0.610. The van der Waals surface area contributed by atoms with E-state index in [0.717, 1.165) is 4.90 Å². The quantitative estimate of drug-likeness (QED) is 0.0255. The number of aliphatic hydroxyl groups excluding tert-OH is 3. The molecule has 1 unspecified atom stereocenters. The largest absolute Gasteiger partial charge is 0.610 e. The number of nitrogens with two attached hydrogens (primary N) is 1. The number of H-pyrrole nitrogens is 1. The van der Waals surface area contributed by atoms with E-state index in [9.17, 15) is 77.6 Å². The van der Waals surface area contributed by atoms with Crippen LogP contribution in [0.5, 0.6) is 5.75 Å². The second kappa shape index (κ2) is 35.3. The van der Waals surface area contributed by atoms with Crippen molar-refractivity contribution in [2.45, 2.75) is 157 Å². The number of aromatic amines is 1. The summed E-state index contributed by atoms with van der Waals surface area (Å²) in [4.78, 5) is 181. The van der Waals surface area contributed by atoms with E-state index in [2.05, 4.69) is 52.8 Å². The van der Waals surface area contributed by atoms with Gasteiger partial charge < -0.3 is 88.1 Å². The molecule has 11 atom stereocenters. The highest BCUT2D eigenvalue weighted by Gasteiger charge is 2.46. The lowest BCUT2D eigenvalue weighted by Crippen LogP contribution is -2.62. The van der Waals surface area contributed by atoms with Crippen molar-refractivity contribution in [2.24, 2.45) is 17.6 Å². The lowest BCUT2D eigenvalue weighted by molar-refractivity contribution is -0.144. The molecule has 0 radical (unpaired) electrons. The lowest BCUT2D eigenvalue weighted by Gasteiger charge is -2.32. The van der Waals surface area contributed by atoms with Crippen LogP contribution < -0.4 is 58.3 Å². The van der Waals surface area contributed by atoms with Crippen LogP contribution in [0.2, 0.25) is 0 Å². The van der Waals surface area contributed by atoms with Crippen LogP contribution in [-0.4, -0.2) is 224 Å². The van der Waals surface area contributed by atoms with Gasteiger partial charge in [-0.15, -0.1) is 0 Å². The Balaban J connectivity index is 1.28. The fourth-order valence-electron chi connectivity index (χ4n) is 11.0. The molecule has 506 valence electrons. The highest BCUT2D eigenvalue weighted by Crippen LogP contribution is 2.37. The van der Waals surface area contributed by atoms with Gasteiger partial charge in [0.05, 0.1) is 51.0 Å². The van der Waals surface area contributed by atoms with Crippen LogP contribution in [-0.2, 0) is 85.7 Å². The third-order valence-corrected chi connectivity index (χ3v) is 18.8. The average Bonchev–Trinajstić information content (AvgIpc) is 1.63. The van der Waals surface area contributed by atoms with Gasteiger partial charge in [0, 0.05) is 109 Å². The van der Waals surface area contributed by atoms with Crippen LogP contribution in [0, 0.1) is 11.8 Å². The Hall–Kier alpha value is -7.85. The number of unbranched alkanes of at least 4 members (excludes halogenated alkanes) is 4. The maximum absolute atomic E-state index is 15.3. The maximum Gasteiger partial charge on any atom is 0.253 e. The number of imide groups is 1. The standard InChI is InChI=1S/C59H85N13O18S2/c1-5-31(2)50-56(86)64-25-46(79)65-39-30-92(89)58-35(34-14-15-42(90-4)36(52(34)70-58)29-91-21-19-62-45(78)12-8-6-10-18-61-44(77)13-9-7-11-20-71-48(81)16-17-49(71)82)23-37(53(83)63-26-47(80)68-50)66-57(87)51(32(3)41(75)28-73)69-55(85)40-22-33(74)27-72(40)59(88)38(24-43(60)76)67-54(39)84/h14-17,31-33,37-41,50-51,70,73-75H,5-13,18-30H2,1-4H3,(H2,60,76)(H,61,77)(H,62,78)(H,63,83)(H,64,86)(H,65,79)(H,66,87)(H,67,84)(H,68,80)(H,69,85)/t31-,32-,33+,37-,38-,39-,40+,41-,50+,51-,92?/m0/s1. The topological polar surface area (TPSA) is 471 Å². The van der Waals surface area contributed by atoms with E-state index in [1.165, 1.54) is 42.8 Å². The molecule has 4 aliphatic heterocycles. The van der Waals surface area contributed by atoms with Gasteiger partial charge in [0.1, 0.15) is 41.7 Å². The minimum Gasteiger partial charge on any atom is -0.610 e. The summed E-state index contributed by atoms with van der Waals surface area (Å²) in [6, 6.07) is -7.08. The number of amides is 13. The van der Waals surface area contributed by atoms with Crippen molar-refractivity contribution in [3.8, 4) is 5.75 Å².